The summed E-state index contributed by atoms with van der Waals surface area (Å²) in [6.45, 7) is 0. The predicted octanol–water partition coefficient (Wildman–Crippen LogP) is 6.87. The van der Waals surface area contributed by atoms with Gasteiger partial charge in [0.1, 0.15) is 0 Å². The first-order valence-corrected chi connectivity index (χ1v) is 26.5. The van der Waals surface area contributed by atoms with Gasteiger partial charge in [-0.1, -0.05) is 0 Å². The molecule has 8 aromatic carbocycles. The van der Waals surface area contributed by atoms with E-state index < -0.39 is 38.7 Å². The molecule has 0 amide bonds. The van der Waals surface area contributed by atoms with Crippen molar-refractivity contribution in [2.24, 2.45) is 0 Å². The van der Waals surface area contributed by atoms with E-state index in [1.54, 1.807) is 10.6 Å². The average Bonchev–Trinajstić information content (AvgIpc) is 3.84. The van der Waals surface area contributed by atoms with Crippen LogP contribution >= 0.6 is 15.8 Å². The summed E-state index contributed by atoms with van der Waals surface area (Å²) in [6, 6.07) is 81.9. The molecule has 0 heterocycles. The van der Waals surface area contributed by atoms with Gasteiger partial charge in [-0.05, 0) is 0 Å². The van der Waals surface area contributed by atoms with Crippen LogP contribution in [-0.2, 0) is 22.9 Å². The van der Waals surface area contributed by atoms with Gasteiger partial charge in [-0.3, -0.25) is 0 Å². The van der Waals surface area contributed by atoms with Crippen molar-refractivity contribution in [3.8, 4) is 22.3 Å². The van der Waals surface area contributed by atoms with Crippen LogP contribution < -0.4 is 46.0 Å². The third kappa shape index (κ3) is 8.22. The summed E-state index contributed by atoms with van der Waals surface area (Å²) < 4.78 is 0.830. The minimum Gasteiger partial charge on any atom is -1.00 e. The molecule has 2 atom stereocenters. The SMILES string of the molecule is C1=C(P(c2ccccc2)c2ccccc2)[CH]([Hf+2][CH]2C(P(c3ccccc3)c3ccccc3)=Cc3c(-c4ccccc4)cccc32)c2cccc(-c3ccccc3)c21.[Cl-].[Cl-]. The van der Waals surface area contributed by atoms with E-state index in [0.717, 1.165) is 0 Å². The molecule has 59 heavy (non-hydrogen) atoms. The van der Waals surface area contributed by atoms with E-state index >= 15 is 0 Å². The Labute approximate surface area is 374 Å². The number of rotatable bonds is 10. The Bertz CT molecular complexity index is 2440. The summed E-state index contributed by atoms with van der Waals surface area (Å²) in [7, 11) is -1.54. The molecule has 0 saturated heterocycles. The van der Waals surface area contributed by atoms with Crippen LogP contribution in [0.1, 0.15) is 29.6 Å². The zero-order chi connectivity index (χ0) is 38.0. The van der Waals surface area contributed by atoms with Crippen LogP contribution in [0.2, 0.25) is 0 Å². The molecule has 0 fully saturated rings. The third-order valence-corrected chi connectivity index (χ3v) is 24.8. The van der Waals surface area contributed by atoms with E-state index in [9.17, 15) is 0 Å². The molecule has 2 unspecified atom stereocenters. The van der Waals surface area contributed by atoms with Gasteiger partial charge in [-0.25, -0.2) is 0 Å². The molecule has 0 aromatic heterocycles. The number of halogens is 2. The Morgan fingerprint density at radius 1 is 0.305 bits per heavy atom. The Morgan fingerprint density at radius 2 is 0.593 bits per heavy atom. The zero-order valence-electron chi connectivity index (χ0n) is 32.2. The molecule has 5 heteroatoms. The van der Waals surface area contributed by atoms with Crippen LogP contribution in [0.5, 0.6) is 0 Å². The Kier molecular flexibility index (Phi) is 13.2. The molecule has 8 aromatic rings. The molecule has 10 rings (SSSR count). The summed E-state index contributed by atoms with van der Waals surface area (Å²) in [6.07, 6.45) is 5.30. The number of benzene rings is 8. The molecular formula is C54H40Cl2HfP2. The average molecular weight is 1000 g/mol. The van der Waals surface area contributed by atoms with Crippen LogP contribution in [-0.4, -0.2) is 0 Å². The molecule has 284 valence electrons. The van der Waals surface area contributed by atoms with Crippen molar-refractivity contribution in [2.75, 3.05) is 0 Å². The predicted molar refractivity (Wildman–Crippen MR) is 243 cm³/mol. The van der Waals surface area contributed by atoms with Crippen molar-refractivity contribution in [2.45, 2.75) is 7.35 Å². The van der Waals surface area contributed by atoms with E-state index in [1.165, 1.54) is 65.7 Å². The van der Waals surface area contributed by atoms with E-state index in [-0.39, 0.29) is 24.8 Å². The molecule has 0 nitrogen and oxygen atoms in total. The number of fused-ring (bicyclic) bond motifs is 2. The van der Waals surface area contributed by atoms with Gasteiger partial charge in [0.2, 0.25) is 0 Å². The molecule has 0 saturated carbocycles. The minimum absolute atomic E-state index is 0. The minimum atomic E-state index is -1.73. The smallest absolute Gasteiger partial charge is 1.00 e. The summed E-state index contributed by atoms with van der Waals surface area (Å²) in [5.41, 5.74) is 11.2. The van der Waals surface area contributed by atoms with Crippen LogP contribution in [0.3, 0.4) is 0 Å². The maximum Gasteiger partial charge on any atom is -1.00 e. The maximum absolute atomic E-state index is 2.65. The Balaban J connectivity index is 0.00000242. The van der Waals surface area contributed by atoms with Crippen LogP contribution in [0.15, 0.2) is 229 Å². The van der Waals surface area contributed by atoms with E-state index in [0.29, 0.717) is 7.35 Å². The van der Waals surface area contributed by atoms with Gasteiger partial charge in [0.25, 0.3) is 0 Å². The molecule has 0 radical (unpaired) electrons. The van der Waals surface area contributed by atoms with Crippen LogP contribution in [0.25, 0.3) is 34.4 Å². The topological polar surface area (TPSA) is 0 Å². The maximum atomic E-state index is 2.65. The van der Waals surface area contributed by atoms with Gasteiger partial charge in [-0.15, -0.1) is 0 Å². The van der Waals surface area contributed by atoms with Gasteiger partial charge in [0.15, 0.2) is 0 Å². The largest absolute Gasteiger partial charge is 1.00 e. The summed E-state index contributed by atoms with van der Waals surface area (Å²) in [4.78, 5) is 0. The zero-order valence-corrected chi connectivity index (χ0v) is 39.1. The molecule has 0 spiro atoms. The molecule has 2 aliphatic rings. The monoisotopic (exact) mass is 1000 g/mol. The second kappa shape index (κ2) is 18.9. The van der Waals surface area contributed by atoms with E-state index in [2.05, 4.69) is 231 Å². The van der Waals surface area contributed by atoms with Gasteiger partial charge >= 0.3 is 353 Å². The first-order chi connectivity index (χ1) is 28.3. The molecular weight excluding hydrogens is 960 g/mol. The fraction of sp³-hybridized carbons (Fsp3) is 0.0370. The van der Waals surface area contributed by atoms with Crippen molar-refractivity contribution in [3.63, 3.8) is 0 Å². The first kappa shape index (κ1) is 41.3. The summed E-state index contributed by atoms with van der Waals surface area (Å²) >= 11 is -1.73. The summed E-state index contributed by atoms with van der Waals surface area (Å²) in [5, 5.41) is 8.96. The second-order valence-corrected chi connectivity index (χ2v) is 24.3. The third-order valence-electron chi connectivity index (χ3n) is 11.2. The second-order valence-electron chi connectivity index (χ2n) is 14.5. The van der Waals surface area contributed by atoms with Gasteiger partial charge in [0.05, 0.1) is 0 Å². The Morgan fingerprint density at radius 3 is 0.898 bits per heavy atom. The van der Waals surface area contributed by atoms with Crippen LogP contribution in [0.4, 0.5) is 0 Å². The van der Waals surface area contributed by atoms with Gasteiger partial charge in [-0.2, -0.15) is 0 Å². The molecule has 2 aliphatic carbocycles. The Hall–Kier alpha value is -4.45. The normalized spacial score (nSPS) is 14.9. The summed E-state index contributed by atoms with van der Waals surface area (Å²) in [5.74, 6) is 0. The molecule has 0 N–H and O–H groups in total. The van der Waals surface area contributed by atoms with Crippen molar-refractivity contribution in [3.05, 3.63) is 251 Å². The first-order valence-electron chi connectivity index (χ1n) is 19.7. The quantitative estimate of drug-likeness (QED) is 0.104. The number of allylic oxidation sites excluding steroid dienone is 2. The fourth-order valence-corrected chi connectivity index (χ4v) is 23.7. The number of hydrogen-bond acceptors (Lipinski definition) is 0. The van der Waals surface area contributed by atoms with Crippen molar-refractivity contribution in [1.29, 1.82) is 0 Å². The fourth-order valence-electron chi connectivity index (χ4n) is 8.62. The standard InChI is InChI=1S/2C27H20P.2ClH.Hf/c2*1-4-11-21(12-5-1)26-18-10-13-22-19-25(20-27(22)26)28(23-14-6-2-7-15-23)24-16-8-3-9-17-24;;;/h2*1-20H;2*1H;/q;;;;+2/p-2. The van der Waals surface area contributed by atoms with E-state index in [4.69, 9.17) is 0 Å². The van der Waals surface area contributed by atoms with Gasteiger partial charge in [0, 0.05) is 0 Å². The van der Waals surface area contributed by atoms with Crippen LogP contribution in [0, 0.1) is 0 Å². The molecule has 0 aliphatic heterocycles. The van der Waals surface area contributed by atoms with E-state index in [1.807, 2.05) is 0 Å². The van der Waals surface area contributed by atoms with Crippen molar-refractivity contribution < 1.29 is 47.7 Å². The number of hydrogen-bond donors (Lipinski definition) is 0. The van der Waals surface area contributed by atoms with Crippen molar-refractivity contribution in [1.82, 2.24) is 0 Å². The molecule has 0 bridgehead atoms. The van der Waals surface area contributed by atoms with Crippen molar-refractivity contribution >= 4 is 49.2 Å². The van der Waals surface area contributed by atoms with Gasteiger partial charge < -0.3 is 24.8 Å².